The van der Waals surface area contributed by atoms with Gasteiger partial charge in [-0.05, 0) is 35.6 Å². The van der Waals surface area contributed by atoms with E-state index in [2.05, 4.69) is 32.6 Å². The van der Waals surface area contributed by atoms with Crippen molar-refractivity contribution in [1.29, 1.82) is 0 Å². The lowest BCUT2D eigenvalue weighted by atomic mass is 10.2. The Morgan fingerprint density at radius 3 is 2.89 bits per heavy atom. The smallest absolute Gasteiger partial charge is 0.340 e. The number of esters is 1. The van der Waals surface area contributed by atoms with Crippen LogP contribution in [0.25, 0.3) is 11.0 Å². The van der Waals surface area contributed by atoms with Gasteiger partial charge in [-0.1, -0.05) is 0 Å². The molecule has 0 aliphatic carbocycles. The summed E-state index contributed by atoms with van der Waals surface area (Å²) in [7, 11) is 1.55. The Balaban J connectivity index is 2.54. The second kappa shape index (κ2) is 5.47. The van der Waals surface area contributed by atoms with Crippen LogP contribution in [0.4, 0.5) is 0 Å². The van der Waals surface area contributed by atoms with Crippen LogP contribution in [0.1, 0.15) is 17.3 Å². The van der Waals surface area contributed by atoms with E-state index in [4.69, 9.17) is 9.47 Å². The highest BCUT2D eigenvalue weighted by Crippen LogP contribution is 2.23. The maximum Gasteiger partial charge on any atom is 0.340 e. The van der Waals surface area contributed by atoms with Gasteiger partial charge in [-0.25, -0.2) is 9.78 Å². The van der Waals surface area contributed by atoms with Gasteiger partial charge in [-0.3, -0.25) is 0 Å². The summed E-state index contributed by atoms with van der Waals surface area (Å²) in [6.07, 6.45) is 1.48. The maximum atomic E-state index is 11.7. The number of rotatable bonds is 3. The number of carbonyl (C=O) groups is 1. The molecule has 0 bridgehead atoms. The van der Waals surface area contributed by atoms with Gasteiger partial charge in [-0.15, -0.1) is 0 Å². The number of fused-ring (bicyclic) bond motifs is 1. The molecule has 18 heavy (non-hydrogen) atoms. The zero-order valence-corrected chi connectivity index (χ0v) is 12.1. The van der Waals surface area contributed by atoms with Crippen molar-refractivity contribution in [3.8, 4) is 5.88 Å². The Morgan fingerprint density at radius 1 is 1.44 bits per heavy atom. The summed E-state index contributed by atoms with van der Waals surface area (Å²) in [6.45, 7) is 2.11. The van der Waals surface area contributed by atoms with Crippen LogP contribution >= 0.6 is 22.6 Å². The van der Waals surface area contributed by atoms with Gasteiger partial charge < -0.3 is 9.47 Å². The van der Waals surface area contributed by atoms with E-state index in [-0.39, 0.29) is 5.97 Å². The third-order valence-electron chi connectivity index (χ3n) is 2.34. The number of nitrogens with zero attached hydrogens (tertiary/aromatic N) is 2. The standard InChI is InChI=1S/C12H11IN2O3/c1-3-18-12(16)8-6-14-11-7(10(8)13)4-5-9(15-11)17-2/h4-6H,3H2,1-2H3. The van der Waals surface area contributed by atoms with Crippen molar-refractivity contribution in [3.05, 3.63) is 27.5 Å². The molecule has 0 N–H and O–H groups in total. The molecule has 2 aromatic heterocycles. The average Bonchev–Trinajstić information content (AvgIpc) is 2.38. The highest BCUT2D eigenvalue weighted by atomic mass is 127. The molecule has 0 atom stereocenters. The van der Waals surface area contributed by atoms with Crippen molar-refractivity contribution in [2.45, 2.75) is 6.92 Å². The van der Waals surface area contributed by atoms with Gasteiger partial charge in [0.15, 0.2) is 5.65 Å². The van der Waals surface area contributed by atoms with E-state index in [1.807, 2.05) is 6.07 Å². The summed E-state index contributed by atoms with van der Waals surface area (Å²) in [5, 5.41) is 0.807. The summed E-state index contributed by atoms with van der Waals surface area (Å²) in [5.41, 5.74) is 1.00. The number of hydrogen-bond acceptors (Lipinski definition) is 5. The highest BCUT2D eigenvalue weighted by molar-refractivity contribution is 14.1. The van der Waals surface area contributed by atoms with Crippen molar-refractivity contribution in [1.82, 2.24) is 9.97 Å². The lowest BCUT2D eigenvalue weighted by Gasteiger charge is -2.07. The van der Waals surface area contributed by atoms with Crippen LogP contribution in [0.15, 0.2) is 18.3 Å². The van der Waals surface area contributed by atoms with E-state index < -0.39 is 0 Å². The summed E-state index contributed by atoms with van der Waals surface area (Å²) < 4.78 is 10.8. The van der Waals surface area contributed by atoms with Gasteiger partial charge in [0.05, 0.1) is 19.3 Å². The summed E-state index contributed by atoms with van der Waals surface area (Å²) in [5.74, 6) is 0.127. The first-order valence-corrected chi connectivity index (χ1v) is 6.41. The van der Waals surface area contributed by atoms with Crippen LogP contribution in [0.5, 0.6) is 5.88 Å². The predicted molar refractivity (Wildman–Crippen MR) is 74.8 cm³/mol. The Kier molecular flexibility index (Phi) is 3.95. The molecular weight excluding hydrogens is 347 g/mol. The van der Waals surface area contributed by atoms with Gasteiger partial charge in [-0.2, -0.15) is 4.98 Å². The Bertz CT molecular complexity index is 601. The number of carbonyl (C=O) groups excluding carboxylic acids is 1. The number of methoxy groups -OCH3 is 1. The van der Waals surface area contributed by atoms with Crippen LogP contribution in [-0.4, -0.2) is 29.7 Å². The van der Waals surface area contributed by atoms with Crippen molar-refractivity contribution in [2.75, 3.05) is 13.7 Å². The van der Waals surface area contributed by atoms with Crippen LogP contribution in [-0.2, 0) is 4.74 Å². The van der Waals surface area contributed by atoms with Crippen LogP contribution in [0.2, 0.25) is 0 Å². The molecule has 0 saturated carbocycles. The third-order valence-corrected chi connectivity index (χ3v) is 3.51. The zero-order valence-electron chi connectivity index (χ0n) is 9.94. The Hall–Kier alpha value is -1.44. The average molecular weight is 358 g/mol. The number of hydrogen-bond donors (Lipinski definition) is 0. The van der Waals surface area contributed by atoms with Gasteiger partial charge in [0, 0.05) is 21.2 Å². The summed E-state index contributed by atoms with van der Waals surface area (Å²) in [6, 6.07) is 3.57. The van der Waals surface area contributed by atoms with E-state index in [0.29, 0.717) is 23.7 Å². The second-order valence-corrected chi connectivity index (χ2v) is 4.51. The number of ether oxygens (including phenoxy) is 2. The second-order valence-electron chi connectivity index (χ2n) is 3.43. The number of pyridine rings is 2. The van der Waals surface area contributed by atoms with Crippen molar-refractivity contribution in [3.63, 3.8) is 0 Å². The lowest BCUT2D eigenvalue weighted by Crippen LogP contribution is -2.08. The largest absolute Gasteiger partial charge is 0.481 e. The SMILES string of the molecule is CCOC(=O)c1cnc2nc(OC)ccc2c1I. The van der Waals surface area contributed by atoms with Gasteiger partial charge in [0.1, 0.15) is 0 Å². The molecule has 0 fully saturated rings. The van der Waals surface area contributed by atoms with Gasteiger partial charge >= 0.3 is 5.97 Å². The molecule has 94 valence electrons. The van der Waals surface area contributed by atoms with Crippen LogP contribution in [0, 0.1) is 3.57 Å². The molecule has 6 heteroatoms. The molecular formula is C12H11IN2O3. The minimum atomic E-state index is -0.368. The molecule has 0 unspecified atom stereocenters. The first-order chi connectivity index (χ1) is 8.67. The van der Waals surface area contributed by atoms with E-state index in [0.717, 1.165) is 8.96 Å². The maximum absolute atomic E-state index is 11.7. The van der Waals surface area contributed by atoms with Gasteiger partial charge in [0.2, 0.25) is 5.88 Å². The highest BCUT2D eigenvalue weighted by Gasteiger charge is 2.15. The fourth-order valence-electron chi connectivity index (χ4n) is 1.49. The number of aromatic nitrogens is 2. The van der Waals surface area contributed by atoms with E-state index in [1.165, 1.54) is 6.20 Å². The van der Waals surface area contributed by atoms with Crippen molar-refractivity contribution < 1.29 is 14.3 Å². The first-order valence-electron chi connectivity index (χ1n) is 5.33. The molecule has 0 aromatic carbocycles. The fraction of sp³-hybridized carbons (Fsp3) is 0.250. The van der Waals surface area contributed by atoms with E-state index in [1.54, 1.807) is 20.1 Å². The summed E-state index contributed by atoms with van der Waals surface area (Å²) in [4.78, 5) is 20.1. The molecule has 0 amide bonds. The minimum absolute atomic E-state index is 0.341. The lowest BCUT2D eigenvalue weighted by molar-refractivity contribution is 0.0525. The molecule has 0 aliphatic rings. The molecule has 2 rings (SSSR count). The zero-order chi connectivity index (χ0) is 13.1. The molecule has 0 radical (unpaired) electrons. The van der Waals surface area contributed by atoms with E-state index >= 15 is 0 Å². The number of halogens is 1. The molecule has 5 nitrogen and oxygen atoms in total. The normalized spacial score (nSPS) is 10.4. The van der Waals surface area contributed by atoms with Crippen LogP contribution < -0.4 is 4.74 Å². The molecule has 0 saturated heterocycles. The molecule has 0 spiro atoms. The van der Waals surface area contributed by atoms with Crippen LogP contribution in [0.3, 0.4) is 0 Å². The Morgan fingerprint density at radius 2 is 2.22 bits per heavy atom. The molecule has 2 aromatic rings. The fourth-order valence-corrected chi connectivity index (χ4v) is 2.27. The quantitative estimate of drug-likeness (QED) is 0.623. The third kappa shape index (κ3) is 2.38. The van der Waals surface area contributed by atoms with Crippen molar-refractivity contribution >= 4 is 39.6 Å². The molecule has 0 aliphatic heterocycles. The first kappa shape index (κ1) is 13.0. The minimum Gasteiger partial charge on any atom is -0.481 e. The van der Waals surface area contributed by atoms with Crippen molar-refractivity contribution in [2.24, 2.45) is 0 Å². The van der Waals surface area contributed by atoms with E-state index in [9.17, 15) is 4.79 Å². The monoisotopic (exact) mass is 358 g/mol. The molecule has 2 heterocycles. The Labute approximate surface area is 118 Å². The topological polar surface area (TPSA) is 61.3 Å². The predicted octanol–water partition coefficient (Wildman–Crippen LogP) is 2.42. The van der Waals surface area contributed by atoms with Gasteiger partial charge in [0.25, 0.3) is 0 Å². The summed E-state index contributed by atoms with van der Waals surface area (Å²) >= 11 is 2.10.